The largest absolute Gasteiger partial charge is 0.465 e. The van der Waals surface area contributed by atoms with Crippen LogP contribution in [0.4, 0.5) is 18.9 Å². The van der Waals surface area contributed by atoms with Gasteiger partial charge in [0.2, 0.25) is 0 Å². The number of hydrogen-bond donors (Lipinski definition) is 0. The Morgan fingerprint density at radius 1 is 1.12 bits per heavy atom. The Labute approximate surface area is 195 Å². The zero-order valence-electron chi connectivity index (χ0n) is 16.9. The zero-order chi connectivity index (χ0) is 23.8. The molecule has 1 aromatic heterocycles. The topological polar surface area (TPSA) is 59.8 Å². The van der Waals surface area contributed by atoms with Crippen LogP contribution in [0.25, 0.3) is 17.4 Å². The first-order valence-electron chi connectivity index (χ1n) is 9.42. The second-order valence-corrected chi connectivity index (χ2v) is 8.48. The van der Waals surface area contributed by atoms with Gasteiger partial charge in [-0.2, -0.15) is 13.2 Å². The molecular formula is C23H14F3NO4S2. The number of nitrogens with zero attached hydrogens (tertiary/aromatic N) is 1. The molecule has 2 aromatic carbocycles. The number of rotatable bonds is 4. The number of methoxy groups -OCH3 is 1. The number of thiocarbonyl (C=S) groups is 1. The summed E-state index contributed by atoms with van der Waals surface area (Å²) in [5, 5.41) is 0. The number of esters is 1. The van der Waals surface area contributed by atoms with Crippen LogP contribution in [0.2, 0.25) is 0 Å². The number of halogens is 3. The first-order valence-corrected chi connectivity index (χ1v) is 10.6. The summed E-state index contributed by atoms with van der Waals surface area (Å²) in [6, 6.07) is 14.4. The molecule has 0 unspecified atom stereocenters. The number of thioether (sulfide) groups is 1. The summed E-state index contributed by atoms with van der Waals surface area (Å²) in [5.41, 5.74) is -0.0156. The van der Waals surface area contributed by atoms with Gasteiger partial charge in [0.05, 0.1) is 28.8 Å². The molecule has 168 valence electrons. The minimum atomic E-state index is -4.54. The number of carbonyl (C=O) groups excluding carboxylic acids is 2. The first kappa shape index (κ1) is 22.8. The molecule has 1 fully saturated rings. The maximum absolute atomic E-state index is 13.1. The minimum Gasteiger partial charge on any atom is -0.465 e. The van der Waals surface area contributed by atoms with Crippen molar-refractivity contribution in [2.45, 2.75) is 6.18 Å². The van der Waals surface area contributed by atoms with Gasteiger partial charge >= 0.3 is 12.1 Å². The highest BCUT2D eigenvalue weighted by Crippen LogP contribution is 2.39. The third-order valence-electron chi connectivity index (χ3n) is 4.72. The molecule has 0 saturated carbocycles. The summed E-state index contributed by atoms with van der Waals surface area (Å²) in [5.74, 6) is -0.382. The zero-order valence-corrected chi connectivity index (χ0v) is 18.5. The Morgan fingerprint density at radius 3 is 2.61 bits per heavy atom. The van der Waals surface area contributed by atoms with Crippen molar-refractivity contribution in [2.24, 2.45) is 0 Å². The van der Waals surface area contributed by atoms with Crippen LogP contribution < -0.4 is 4.90 Å². The van der Waals surface area contributed by atoms with Gasteiger partial charge in [-0.25, -0.2) is 4.79 Å². The predicted molar refractivity (Wildman–Crippen MR) is 123 cm³/mol. The molecule has 33 heavy (non-hydrogen) atoms. The number of anilines is 1. The highest BCUT2D eigenvalue weighted by atomic mass is 32.2. The average molecular weight is 489 g/mol. The van der Waals surface area contributed by atoms with Crippen molar-refractivity contribution in [2.75, 3.05) is 12.0 Å². The summed E-state index contributed by atoms with van der Waals surface area (Å²) in [6.45, 7) is 0. The lowest BCUT2D eigenvalue weighted by molar-refractivity contribution is -0.137. The molecule has 2 heterocycles. The van der Waals surface area contributed by atoms with Crippen LogP contribution >= 0.6 is 24.0 Å². The number of ether oxygens (including phenoxy) is 1. The number of carbonyl (C=O) groups is 2. The van der Waals surface area contributed by atoms with Crippen LogP contribution in [0, 0.1) is 0 Å². The van der Waals surface area contributed by atoms with Crippen molar-refractivity contribution < 1.29 is 31.9 Å². The van der Waals surface area contributed by atoms with E-state index in [1.54, 1.807) is 36.4 Å². The number of furan rings is 1. The van der Waals surface area contributed by atoms with Crippen LogP contribution in [0.3, 0.4) is 0 Å². The smallest absolute Gasteiger partial charge is 0.416 e. The Bertz CT molecular complexity index is 1300. The molecule has 3 aromatic rings. The molecule has 5 nitrogen and oxygen atoms in total. The minimum absolute atomic E-state index is 0.0304. The van der Waals surface area contributed by atoms with E-state index in [1.165, 1.54) is 25.3 Å². The van der Waals surface area contributed by atoms with Gasteiger partial charge in [-0.15, -0.1) is 0 Å². The molecule has 0 aliphatic carbocycles. The Kier molecular flexibility index (Phi) is 6.13. The lowest BCUT2D eigenvalue weighted by atomic mass is 10.1. The Balaban J connectivity index is 1.63. The Morgan fingerprint density at radius 2 is 1.88 bits per heavy atom. The maximum Gasteiger partial charge on any atom is 0.416 e. The molecule has 0 N–H and O–H groups in total. The number of alkyl halides is 3. The van der Waals surface area contributed by atoms with Gasteiger partial charge in [0.25, 0.3) is 5.91 Å². The molecule has 1 aliphatic heterocycles. The van der Waals surface area contributed by atoms with Crippen molar-refractivity contribution in [1.82, 2.24) is 0 Å². The summed E-state index contributed by atoms with van der Waals surface area (Å²) >= 11 is 6.19. The van der Waals surface area contributed by atoms with Gasteiger partial charge in [-0.05, 0) is 36.4 Å². The van der Waals surface area contributed by atoms with Crippen molar-refractivity contribution in [3.8, 4) is 11.3 Å². The van der Waals surface area contributed by atoms with E-state index in [0.29, 0.717) is 22.6 Å². The number of benzene rings is 2. The van der Waals surface area contributed by atoms with E-state index in [9.17, 15) is 22.8 Å². The summed E-state index contributed by atoms with van der Waals surface area (Å²) in [7, 11) is 1.28. The SMILES string of the molecule is COC(=O)c1ccccc1-c1ccc(/C=C2/SC(=S)N(c3cccc(C(F)(F)F)c3)C2=O)o1. The number of amides is 1. The molecule has 0 bridgehead atoms. The molecule has 1 aliphatic rings. The fourth-order valence-electron chi connectivity index (χ4n) is 3.20. The van der Waals surface area contributed by atoms with E-state index in [-0.39, 0.29) is 14.9 Å². The molecular weight excluding hydrogens is 475 g/mol. The van der Waals surface area contributed by atoms with Gasteiger partial charge < -0.3 is 9.15 Å². The molecule has 10 heteroatoms. The van der Waals surface area contributed by atoms with E-state index in [1.807, 2.05) is 0 Å². The van der Waals surface area contributed by atoms with Crippen molar-refractivity contribution in [3.05, 3.63) is 82.5 Å². The van der Waals surface area contributed by atoms with E-state index >= 15 is 0 Å². The van der Waals surface area contributed by atoms with E-state index < -0.39 is 23.6 Å². The van der Waals surface area contributed by atoms with Gasteiger partial charge in [-0.1, -0.05) is 48.2 Å². The normalized spacial score (nSPS) is 15.4. The summed E-state index contributed by atoms with van der Waals surface area (Å²) < 4.78 is 49.9. The van der Waals surface area contributed by atoms with Gasteiger partial charge in [0, 0.05) is 11.6 Å². The second-order valence-electron chi connectivity index (χ2n) is 6.80. The fraction of sp³-hybridized carbons (Fsp3) is 0.0870. The third-order valence-corrected chi connectivity index (χ3v) is 6.03. The molecule has 4 rings (SSSR count). The third kappa shape index (κ3) is 4.57. The average Bonchev–Trinajstić information content (AvgIpc) is 3.37. The van der Waals surface area contributed by atoms with Gasteiger partial charge in [0.15, 0.2) is 4.32 Å². The van der Waals surface area contributed by atoms with Crippen LogP contribution in [0.5, 0.6) is 0 Å². The fourth-order valence-corrected chi connectivity index (χ4v) is 4.48. The molecule has 0 spiro atoms. The summed E-state index contributed by atoms with van der Waals surface area (Å²) in [6.07, 6.45) is -3.09. The molecule has 0 atom stereocenters. The van der Waals surface area contributed by atoms with Gasteiger partial charge in [0.1, 0.15) is 11.5 Å². The highest BCUT2D eigenvalue weighted by molar-refractivity contribution is 8.27. The van der Waals surface area contributed by atoms with Crippen LogP contribution in [0.15, 0.2) is 70.0 Å². The highest BCUT2D eigenvalue weighted by Gasteiger charge is 2.36. The van der Waals surface area contributed by atoms with Crippen LogP contribution in [0.1, 0.15) is 21.7 Å². The van der Waals surface area contributed by atoms with Gasteiger partial charge in [-0.3, -0.25) is 9.69 Å². The monoisotopic (exact) mass is 489 g/mol. The lowest BCUT2D eigenvalue weighted by Gasteiger charge is -2.16. The molecule has 1 amide bonds. The van der Waals surface area contributed by atoms with Crippen molar-refractivity contribution in [3.63, 3.8) is 0 Å². The Hall–Kier alpha value is -3.37. The quantitative estimate of drug-likeness (QED) is 0.249. The second kappa shape index (κ2) is 8.87. The van der Waals surface area contributed by atoms with Crippen molar-refractivity contribution >= 4 is 51.9 Å². The van der Waals surface area contributed by atoms with Crippen molar-refractivity contribution in [1.29, 1.82) is 0 Å². The predicted octanol–water partition coefficient (Wildman–Crippen LogP) is 6.16. The van der Waals surface area contributed by atoms with E-state index in [2.05, 4.69) is 0 Å². The number of hydrogen-bond acceptors (Lipinski definition) is 6. The van der Waals surface area contributed by atoms with Crippen LogP contribution in [-0.4, -0.2) is 23.3 Å². The maximum atomic E-state index is 13.1. The first-order chi connectivity index (χ1) is 15.7. The molecule has 1 saturated heterocycles. The summed E-state index contributed by atoms with van der Waals surface area (Å²) in [4.78, 5) is 26.2. The molecule has 0 radical (unpaired) electrons. The lowest BCUT2D eigenvalue weighted by Crippen LogP contribution is -2.27. The van der Waals surface area contributed by atoms with Crippen LogP contribution in [-0.2, 0) is 15.7 Å². The standard InChI is InChI=1S/C23H14F3NO4S2/c1-30-21(29)17-8-3-2-7-16(17)18-10-9-15(31-18)12-19-20(28)27(22(32)33-19)14-6-4-5-13(11-14)23(24,25)26/h2-12H,1H3/b19-12+. The van der Waals surface area contributed by atoms with E-state index in [4.69, 9.17) is 21.4 Å². The van der Waals surface area contributed by atoms with E-state index in [0.717, 1.165) is 28.8 Å².